The van der Waals surface area contributed by atoms with Crippen molar-refractivity contribution < 1.29 is 18.4 Å². The molecule has 164 valence electrons. The summed E-state index contributed by atoms with van der Waals surface area (Å²) in [5.74, 6) is -1.28. The van der Waals surface area contributed by atoms with E-state index in [1.54, 1.807) is 34.9 Å². The third-order valence-electron chi connectivity index (χ3n) is 5.59. The van der Waals surface area contributed by atoms with Gasteiger partial charge in [-0.3, -0.25) is 4.79 Å². The highest BCUT2D eigenvalue weighted by Crippen LogP contribution is 2.44. The van der Waals surface area contributed by atoms with E-state index in [2.05, 4.69) is 5.32 Å². The van der Waals surface area contributed by atoms with E-state index in [9.17, 15) is 18.4 Å². The summed E-state index contributed by atoms with van der Waals surface area (Å²) in [5.41, 5.74) is 0.672. The van der Waals surface area contributed by atoms with Gasteiger partial charge in [-0.2, -0.15) is 0 Å². The first-order chi connectivity index (χ1) is 14.8. The number of carbonyl (C=O) groups excluding carboxylic acids is 2. The summed E-state index contributed by atoms with van der Waals surface area (Å²) < 4.78 is 26.5. The molecule has 1 spiro atoms. The molecule has 2 aromatic carbocycles. The Morgan fingerprint density at radius 3 is 2.39 bits per heavy atom. The molecule has 0 bridgehead atoms. The number of carbonyl (C=O) groups is 2. The molecule has 2 fully saturated rings. The number of piperidine rings is 1. The number of likely N-dealkylation sites (tertiary alicyclic amines) is 1. The Morgan fingerprint density at radius 2 is 1.71 bits per heavy atom. The van der Waals surface area contributed by atoms with Crippen LogP contribution >= 0.6 is 35.0 Å². The van der Waals surface area contributed by atoms with Crippen LogP contribution in [0.5, 0.6) is 0 Å². The third kappa shape index (κ3) is 4.47. The van der Waals surface area contributed by atoms with Gasteiger partial charge in [0.1, 0.15) is 0 Å². The van der Waals surface area contributed by atoms with Crippen LogP contribution in [0.4, 0.5) is 19.3 Å². The van der Waals surface area contributed by atoms with Crippen LogP contribution < -0.4 is 5.32 Å². The fourth-order valence-corrected chi connectivity index (χ4v) is 5.68. The smallest absolute Gasteiger partial charge is 0.321 e. The highest BCUT2D eigenvalue weighted by atomic mass is 35.5. The number of nitrogens with zero attached hydrogens (tertiary/aromatic N) is 2. The number of thioether (sulfide) groups is 1. The van der Waals surface area contributed by atoms with Crippen molar-refractivity contribution in [2.75, 3.05) is 30.7 Å². The van der Waals surface area contributed by atoms with Crippen molar-refractivity contribution in [2.45, 2.75) is 17.7 Å². The van der Waals surface area contributed by atoms with Crippen LogP contribution in [0.25, 0.3) is 0 Å². The lowest BCUT2D eigenvalue weighted by Crippen LogP contribution is -2.54. The minimum Gasteiger partial charge on any atom is -0.324 e. The molecule has 31 heavy (non-hydrogen) atoms. The first-order valence-electron chi connectivity index (χ1n) is 9.71. The molecule has 2 saturated heterocycles. The predicted octanol–water partition coefficient (Wildman–Crippen LogP) is 5.48. The Bertz CT molecular complexity index is 1030. The quantitative estimate of drug-likeness (QED) is 0.612. The Balaban J connectivity index is 1.42. The maximum Gasteiger partial charge on any atom is 0.321 e. The molecule has 2 aliphatic rings. The molecule has 10 heteroatoms. The van der Waals surface area contributed by atoms with Gasteiger partial charge >= 0.3 is 6.03 Å². The van der Waals surface area contributed by atoms with Gasteiger partial charge < -0.3 is 15.1 Å². The summed E-state index contributed by atoms with van der Waals surface area (Å²) >= 11 is 13.8. The number of benzene rings is 2. The molecular formula is C21H19Cl2F2N3O2S. The molecule has 5 nitrogen and oxygen atoms in total. The Labute approximate surface area is 192 Å². The largest absolute Gasteiger partial charge is 0.324 e. The second-order valence-corrected chi connectivity index (χ2v) is 9.70. The minimum absolute atomic E-state index is 0.108. The molecule has 0 atom stereocenters. The third-order valence-corrected chi connectivity index (χ3v) is 7.88. The number of urea groups is 1. The number of hydrogen-bond acceptors (Lipinski definition) is 3. The standard InChI is InChI=1S/C21H19Cl2F2N3O2S/c22-15-3-1-13(11-16(15)23)19(29)28-9-10-31-21(28)5-7-27(8-6-21)20(30)26-14-2-4-17(24)18(25)12-14/h1-4,11-12H,5-10H2,(H,26,30). The summed E-state index contributed by atoms with van der Waals surface area (Å²) in [7, 11) is 0. The molecule has 0 saturated carbocycles. The van der Waals surface area contributed by atoms with Crippen LogP contribution in [-0.4, -0.2) is 52.0 Å². The summed E-state index contributed by atoms with van der Waals surface area (Å²) in [4.78, 5) is 28.8. The molecule has 2 aliphatic heterocycles. The molecule has 2 aromatic rings. The topological polar surface area (TPSA) is 52.7 Å². The molecule has 0 aromatic heterocycles. The van der Waals surface area contributed by atoms with Crippen molar-refractivity contribution in [2.24, 2.45) is 0 Å². The van der Waals surface area contributed by atoms with E-state index in [0.717, 1.165) is 17.9 Å². The number of rotatable bonds is 2. The fraction of sp³-hybridized carbons (Fsp3) is 0.333. The van der Waals surface area contributed by atoms with Crippen molar-refractivity contribution in [3.8, 4) is 0 Å². The summed E-state index contributed by atoms with van der Waals surface area (Å²) in [5, 5.41) is 3.32. The van der Waals surface area contributed by atoms with Crippen LogP contribution in [0.15, 0.2) is 36.4 Å². The Morgan fingerprint density at radius 1 is 0.968 bits per heavy atom. The van der Waals surface area contributed by atoms with E-state index in [4.69, 9.17) is 23.2 Å². The van der Waals surface area contributed by atoms with Gasteiger partial charge in [-0.05, 0) is 43.2 Å². The number of amides is 3. The van der Waals surface area contributed by atoms with Crippen LogP contribution in [0.2, 0.25) is 10.0 Å². The Hall–Kier alpha value is -2.03. The maximum atomic E-state index is 13.4. The lowest BCUT2D eigenvalue weighted by Gasteiger charge is -2.44. The molecule has 4 rings (SSSR count). The van der Waals surface area contributed by atoms with E-state index in [1.807, 2.05) is 4.90 Å². The van der Waals surface area contributed by atoms with Crippen molar-refractivity contribution >= 4 is 52.6 Å². The molecule has 1 N–H and O–H groups in total. The van der Waals surface area contributed by atoms with Gasteiger partial charge in [0.2, 0.25) is 0 Å². The van der Waals surface area contributed by atoms with E-state index in [0.29, 0.717) is 48.1 Å². The normalized spacial score (nSPS) is 17.8. The zero-order valence-corrected chi connectivity index (χ0v) is 18.7. The average Bonchev–Trinajstić information content (AvgIpc) is 3.15. The average molecular weight is 486 g/mol. The summed E-state index contributed by atoms with van der Waals surface area (Å²) in [6.07, 6.45) is 1.21. The van der Waals surface area contributed by atoms with Gasteiger partial charge in [-0.15, -0.1) is 11.8 Å². The minimum atomic E-state index is -1.02. The first kappa shape index (κ1) is 22.2. The molecule has 2 heterocycles. The van der Waals surface area contributed by atoms with Gasteiger partial charge in [-0.25, -0.2) is 13.6 Å². The van der Waals surface area contributed by atoms with E-state index < -0.39 is 11.6 Å². The molecule has 0 unspecified atom stereocenters. The van der Waals surface area contributed by atoms with Gasteiger partial charge in [0.25, 0.3) is 5.91 Å². The van der Waals surface area contributed by atoms with E-state index >= 15 is 0 Å². The fourth-order valence-electron chi connectivity index (χ4n) is 3.93. The highest BCUT2D eigenvalue weighted by Gasteiger charge is 2.47. The SMILES string of the molecule is O=C(Nc1ccc(F)c(F)c1)N1CCC2(CC1)SCCN2C(=O)c1ccc(Cl)c(Cl)c1. The highest BCUT2D eigenvalue weighted by molar-refractivity contribution is 8.00. The zero-order valence-electron chi connectivity index (χ0n) is 16.3. The molecule has 0 aliphatic carbocycles. The number of hydrogen-bond donors (Lipinski definition) is 1. The molecule has 3 amide bonds. The van der Waals surface area contributed by atoms with Crippen LogP contribution in [0.3, 0.4) is 0 Å². The summed E-state index contributed by atoms with van der Waals surface area (Å²) in [6.45, 7) is 1.49. The summed E-state index contributed by atoms with van der Waals surface area (Å²) in [6, 6.07) is 7.70. The Kier molecular flexibility index (Phi) is 6.32. The molecule has 0 radical (unpaired) electrons. The van der Waals surface area contributed by atoms with Crippen molar-refractivity contribution in [1.29, 1.82) is 0 Å². The van der Waals surface area contributed by atoms with Gasteiger partial charge in [-0.1, -0.05) is 23.2 Å². The molecular weight excluding hydrogens is 467 g/mol. The van der Waals surface area contributed by atoms with Gasteiger partial charge in [0.05, 0.1) is 14.9 Å². The van der Waals surface area contributed by atoms with E-state index in [-0.39, 0.29) is 22.5 Å². The monoisotopic (exact) mass is 485 g/mol. The van der Waals surface area contributed by atoms with Crippen molar-refractivity contribution in [1.82, 2.24) is 9.80 Å². The number of anilines is 1. The lowest BCUT2D eigenvalue weighted by atomic mass is 10.0. The lowest BCUT2D eigenvalue weighted by molar-refractivity contribution is 0.0585. The second kappa shape index (κ2) is 8.84. The maximum absolute atomic E-state index is 13.4. The van der Waals surface area contributed by atoms with Crippen molar-refractivity contribution in [3.63, 3.8) is 0 Å². The van der Waals surface area contributed by atoms with E-state index in [1.165, 1.54) is 6.07 Å². The van der Waals surface area contributed by atoms with Gasteiger partial charge in [0, 0.05) is 42.7 Å². The van der Waals surface area contributed by atoms with Crippen LogP contribution in [0, 0.1) is 11.6 Å². The zero-order chi connectivity index (χ0) is 22.2. The first-order valence-corrected chi connectivity index (χ1v) is 11.5. The number of nitrogens with one attached hydrogen (secondary N) is 1. The van der Waals surface area contributed by atoms with Crippen molar-refractivity contribution in [3.05, 3.63) is 63.6 Å². The van der Waals surface area contributed by atoms with Crippen LogP contribution in [0.1, 0.15) is 23.2 Å². The number of halogens is 4. The second-order valence-electron chi connectivity index (χ2n) is 7.43. The van der Waals surface area contributed by atoms with Gasteiger partial charge in [0.15, 0.2) is 11.6 Å². The predicted molar refractivity (Wildman–Crippen MR) is 119 cm³/mol. The van der Waals surface area contributed by atoms with Crippen LogP contribution in [-0.2, 0) is 0 Å².